The molecule has 6 saturated heterocycles. The highest BCUT2D eigenvalue weighted by Crippen LogP contribution is 2.80. The molecule has 6 rings (SSSR count). The lowest BCUT2D eigenvalue weighted by Crippen LogP contribution is -2.56. The second-order valence-corrected chi connectivity index (χ2v) is 14.4. The summed E-state index contributed by atoms with van der Waals surface area (Å²) in [4.78, 5) is 0. The SMILES string of the molecule is CC12CC3(C)SC(C)(CC(C)(S1)S2)S3. The topological polar surface area (TPSA) is 0 Å². The zero-order chi connectivity index (χ0) is 10.2. The minimum Gasteiger partial charge on any atom is -0.127 e. The maximum Gasteiger partial charge on any atom is 0.0632 e. The summed E-state index contributed by atoms with van der Waals surface area (Å²) in [5, 5.41) is 0. The van der Waals surface area contributed by atoms with Crippen molar-refractivity contribution in [2.24, 2.45) is 0 Å². The standard InChI is InChI=1S/C10H16S4/c1-7-5-8(2)13-10(4,14-8)6-9(3,11-7)12-7/h5-6H2,1-4H3. The summed E-state index contributed by atoms with van der Waals surface area (Å²) >= 11 is 8.89. The van der Waals surface area contributed by atoms with E-state index in [0.29, 0.717) is 16.3 Å². The molecule has 0 spiro atoms. The summed E-state index contributed by atoms with van der Waals surface area (Å²) in [6.45, 7) is 9.71. The van der Waals surface area contributed by atoms with Crippen molar-refractivity contribution < 1.29 is 0 Å². The summed E-state index contributed by atoms with van der Waals surface area (Å²) in [6, 6.07) is 0. The molecule has 0 atom stereocenters. The predicted octanol–water partition coefficient (Wildman–Crippen LogP) is 4.61. The summed E-state index contributed by atoms with van der Waals surface area (Å²) < 4.78 is 2.02. The Bertz CT molecular complexity index is 232. The van der Waals surface area contributed by atoms with Gasteiger partial charge in [-0.2, -0.15) is 0 Å². The Morgan fingerprint density at radius 1 is 0.571 bits per heavy atom. The van der Waals surface area contributed by atoms with Gasteiger partial charge in [0.05, 0.1) is 16.3 Å². The molecule has 0 N–H and O–H groups in total. The first-order valence-electron chi connectivity index (χ1n) is 5.05. The van der Waals surface area contributed by atoms with Crippen LogP contribution in [0, 0.1) is 0 Å². The molecule has 6 heterocycles. The van der Waals surface area contributed by atoms with Crippen LogP contribution in [-0.2, 0) is 0 Å². The Hall–Kier alpha value is 1.40. The van der Waals surface area contributed by atoms with Crippen molar-refractivity contribution in [1.82, 2.24) is 0 Å². The van der Waals surface area contributed by atoms with Gasteiger partial charge in [0, 0.05) is 0 Å². The summed E-state index contributed by atoms with van der Waals surface area (Å²) in [6.07, 6.45) is 2.71. The normalized spacial score (nSPS) is 66.0. The van der Waals surface area contributed by atoms with E-state index in [1.807, 2.05) is 0 Å². The molecule has 0 aromatic heterocycles. The van der Waals surface area contributed by atoms with Crippen molar-refractivity contribution in [3.05, 3.63) is 0 Å². The minimum atomic E-state index is 0.505. The van der Waals surface area contributed by atoms with Crippen LogP contribution in [-0.4, -0.2) is 16.3 Å². The molecular weight excluding hydrogens is 248 g/mol. The molecule has 4 bridgehead atoms. The Balaban J connectivity index is 1.90. The maximum absolute atomic E-state index is 2.43. The van der Waals surface area contributed by atoms with E-state index in [0.717, 1.165) is 0 Å². The molecule has 0 aromatic rings. The van der Waals surface area contributed by atoms with E-state index in [1.165, 1.54) is 12.8 Å². The zero-order valence-electron chi connectivity index (χ0n) is 9.05. The van der Waals surface area contributed by atoms with Gasteiger partial charge in [-0.1, -0.05) is 0 Å². The van der Waals surface area contributed by atoms with Crippen LogP contribution < -0.4 is 0 Å². The number of hydrogen-bond donors (Lipinski definition) is 0. The van der Waals surface area contributed by atoms with Gasteiger partial charge in [0.2, 0.25) is 0 Å². The molecule has 4 heteroatoms. The minimum absolute atomic E-state index is 0.505. The molecule has 6 aliphatic rings. The third-order valence-electron chi connectivity index (χ3n) is 3.01. The average Bonchev–Trinajstić information content (AvgIpc) is 1.72. The Kier molecular flexibility index (Phi) is 1.98. The van der Waals surface area contributed by atoms with E-state index in [4.69, 9.17) is 0 Å². The highest BCUT2D eigenvalue weighted by Gasteiger charge is 2.65. The van der Waals surface area contributed by atoms with Gasteiger partial charge in [0.15, 0.2) is 0 Å². The Morgan fingerprint density at radius 3 is 1.00 bits per heavy atom. The lowest BCUT2D eigenvalue weighted by atomic mass is 10.2. The quantitative estimate of drug-likeness (QED) is 0.626. The summed E-state index contributed by atoms with van der Waals surface area (Å²) in [5.74, 6) is 0. The van der Waals surface area contributed by atoms with Crippen molar-refractivity contribution >= 4 is 47.0 Å². The van der Waals surface area contributed by atoms with Gasteiger partial charge >= 0.3 is 0 Å². The second kappa shape index (κ2) is 2.62. The largest absolute Gasteiger partial charge is 0.127 e. The molecule has 80 valence electrons. The molecule has 0 radical (unpaired) electrons. The van der Waals surface area contributed by atoms with Crippen LogP contribution >= 0.6 is 47.0 Å². The fourth-order valence-corrected chi connectivity index (χ4v) is 14.5. The fraction of sp³-hybridized carbons (Fsp3) is 1.00. The highest BCUT2D eigenvalue weighted by atomic mass is 32.3. The van der Waals surface area contributed by atoms with Gasteiger partial charge in [0.25, 0.3) is 0 Å². The van der Waals surface area contributed by atoms with Crippen LogP contribution in [0.2, 0.25) is 0 Å². The van der Waals surface area contributed by atoms with Crippen molar-refractivity contribution in [3.8, 4) is 0 Å². The summed E-state index contributed by atoms with van der Waals surface area (Å²) in [7, 11) is 0. The van der Waals surface area contributed by atoms with Crippen LogP contribution in [0.3, 0.4) is 0 Å². The Labute approximate surface area is 103 Å². The van der Waals surface area contributed by atoms with E-state index < -0.39 is 0 Å². The van der Waals surface area contributed by atoms with E-state index in [1.54, 1.807) is 0 Å². The average molecular weight is 265 g/mol. The number of rotatable bonds is 0. The number of thioether (sulfide) groups is 4. The van der Waals surface area contributed by atoms with E-state index in [2.05, 4.69) is 74.7 Å². The number of hydrogen-bond acceptors (Lipinski definition) is 4. The smallest absolute Gasteiger partial charge is 0.0632 e. The molecule has 0 unspecified atom stereocenters. The second-order valence-electron chi connectivity index (χ2n) is 5.30. The molecular formula is C10H16S4. The lowest BCUT2D eigenvalue weighted by molar-refractivity contribution is 0.592. The van der Waals surface area contributed by atoms with Gasteiger partial charge < -0.3 is 0 Å². The highest BCUT2D eigenvalue weighted by molar-refractivity contribution is 8.38. The predicted molar refractivity (Wildman–Crippen MR) is 73.2 cm³/mol. The monoisotopic (exact) mass is 264 g/mol. The van der Waals surface area contributed by atoms with Gasteiger partial charge in [-0.05, 0) is 40.5 Å². The van der Waals surface area contributed by atoms with E-state index in [9.17, 15) is 0 Å². The molecule has 0 aromatic carbocycles. The van der Waals surface area contributed by atoms with Crippen molar-refractivity contribution in [2.75, 3.05) is 0 Å². The molecule has 0 aliphatic carbocycles. The van der Waals surface area contributed by atoms with Gasteiger partial charge in [-0.3, -0.25) is 0 Å². The van der Waals surface area contributed by atoms with Gasteiger partial charge in [-0.25, -0.2) is 0 Å². The Morgan fingerprint density at radius 2 is 0.786 bits per heavy atom. The molecule has 0 nitrogen and oxygen atoms in total. The van der Waals surface area contributed by atoms with Crippen molar-refractivity contribution in [2.45, 2.75) is 56.9 Å². The lowest BCUT2D eigenvalue weighted by Gasteiger charge is -2.65. The van der Waals surface area contributed by atoms with Gasteiger partial charge in [0.1, 0.15) is 0 Å². The molecule has 6 fully saturated rings. The fourth-order valence-electron chi connectivity index (χ4n) is 3.30. The maximum atomic E-state index is 2.43. The van der Waals surface area contributed by atoms with E-state index in [-0.39, 0.29) is 0 Å². The molecule has 0 amide bonds. The first kappa shape index (κ1) is 10.5. The molecule has 0 saturated carbocycles. The third kappa shape index (κ3) is 1.47. The van der Waals surface area contributed by atoms with E-state index >= 15 is 0 Å². The zero-order valence-corrected chi connectivity index (χ0v) is 12.3. The first-order chi connectivity index (χ1) is 6.24. The van der Waals surface area contributed by atoms with Crippen molar-refractivity contribution in [1.29, 1.82) is 0 Å². The molecule has 6 aliphatic heterocycles. The van der Waals surface area contributed by atoms with Crippen molar-refractivity contribution in [3.63, 3.8) is 0 Å². The van der Waals surface area contributed by atoms with Gasteiger partial charge in [-0.15, -0.1) is 47.0 Å². The molecule has 14 heavy (non-hydrogen) atoms. The summed E-state index contributed by atoms with van der Waals surface area (Å²) in [5.41, 5.74) is 0. The van der Waals surface area contributed by atoms with Crippen LogP contribution in [0.25, 0.3) is 0 Å². The van der Waals surface area contributed by atoms with Crippen LogP contribution in [0.4, 0.5) is 0 Å². The van der Waals surface area contributed by atoms with Crippen LogP contribution in [0.5, 0.6) is 0 Å². The van der Waals surface area contributed by atoms with Crippen LogP contribution in [0.1, 0.15) is 40.5 Å². The first-order valence-corrected chi connectivity index (χ1v) is 8.31. The third-order valence-corrected chi connectivity index (χ3v) is 9.62. The van der Waals surface area contributed by atoms with Crippen LogP contribution in [0.15, 0.2) is 0 Å².